The van der Waals surface area contributed by atoms with Crippen molar-refractivity contribution in [1.82, 2.24) is 0 Å². The van der Waals surface area contributed by atoms with Crippen molar-refractivity contribution in [1.29, 1.82) is 0 Å². The lowest BCUT2D eigenvalue weighted by Crippen LogP contribution is -2.33. The summed E-state index contributed by atoms with van der Waals surface area (Å²) in [5.74, 6) is -0.831. The first-order valence-electron chi connectivity index (χ1n) is 6.96. The molecule has 1 aromatic rings. The van der Waals surface area contributed by atoms with E-state index in [0.29, 0.717) is 23.2 Å². The van der Waals surface area contributed by atoms with Crippen LogP contribution in [0.3, 0.4) is 0 Å². The molecule has 0 radical (unpaired) electrons. The summed E-state index contributed by atoms with van der Waals surface area (Å²) in [6.45, 7) is 5.19. The zero-order chi connectivity index (χ0) is 14.7. The average molecular weight is 277 g/mol. The molecule has 0 aromatic heterocycles. The predicted molar refractivity (Wildman–Crippen MR) is 78.3 cm³/mol. The third-order valence-electron chi connectivity index (χ3n) is 3.77. The summed E-state index contributed by atoms with van der Waals surface area (Å²) < 4.78 is 14.2. The van der Waals surface area contributed by atoms with E-state index in [0.717, 1.165) is 25.5 Å². The Labute approximate surface area is 118 Å². The van der Waals surface area contributed by atoms with E-state index in [9.17, 15) is 9.18 Å². The zero-order valence-electron chi connectivity index (χ0n) is 11.8. The van der Waals surface area contributed by atoms with Gasteiger partial charge in [0.25, 0.3) is 0 Å². The Morgan fingerprint density at radius 3 is 2.85 bits per heavy atom. The van der Waals surface area contributed by atoms with Crippen LogP contribution in [0.4, 0.5) is 10.1 Å². The molecule has 1 fully saturated rings. The molecule has 1 heterocycles. The Bertz CT molecular complexity index is 525. The normalized spacial score (nSPS) is 19.2. The fraction of sp³-hybridized carbons (Fsp3) is 0.438. The van der Waals surface area contributed by atoms with Gasteiger partial charge in [0.2, 0.25) is 0 Å². The smallest absolute Gasteiger partial charge is 0.328 e. The van der Waals surface area contributed by atoms with Crippen LogP contribution in [0.25, 0.3) is 6.08 Å². The van der Waals surface area contributed by atoms with Gasteiger partial charge >= 0.3 is 5.97 Å². The number of anilines is 1. The van der Waals surface area contributed by atoms with Crippen LogP contribution in [0.15, 0.2) is 24.3 Å². The van der Waals surface area contributed by atoms with Crippen molar-refractivity contribution >= 4 is 17.7 Å². The van der Waals surface area contributed by atoms with E-state index in [1.807, 2.05) is 0 Å². The Kier molecular flexibility index (Phi) is 4.42. The quantitative estimate of drug-likeness (QED) is 0.856. The second-order valence-corrected chi connectivity index (χ2v) is 5.53. The van der Waals surface area contributed by atoms with Gasteiger partial charge in [-0.2, -0.15) is 0 Å². The van der Waals surface area contributed by atoms with Crippen molar-refractivity contribution in [3.8, 4) is 0 Å². The number of hydrogen-bond acceptors (Lipinski definition) is 2. The molecule has 3 nitrogen and oxygen atoms in total. The van der Waals surface area contributed by atoms with E-state index in [2.05, 4.69) is 18.7 Å². The maximum absolute atomic E-state index is 14.2. The van der Waals surface area contributed by atoms with Gasteiger partial charge in [-0.05, 0) is 42.5 Å². The van der Waals surface area contributed by atoms with E-state index in [-0.39, 0.29) is 5.82 Å². The minimum atomic E-state index is -1.03. The highest BCUT2D eigenvalue weighted by Crippen LogP contribution is 2.31. The van der Waals surface area contributed by atoms with E-state index >= 15 is 0 Å². The minimum absolute atomic E-state index is 0.287. The van der Waals surface area contributed by atoms with Crippen molar-refractivity contribution in [3.63, 3.8) is 0 Å². The second kappa shape index (κ2) is 6.07. The van der Waals surface area contributed by atoms with Gasteiger partial charge in [-0.3, -0.25) is 0 Å². The molecule has 1 unspecified atom stereocenters. The van der Waals surface area contributed by atoms with Gasteiger partial charge in [0.05, 0.1) is 5.69 Å². The molecular formula is C16H20FNO2. The van der Waals surface area contributed by atoms with Crippen LogP contribution in [0.5, 0.6) is 0 Å². The SMILES string of the molecule is CC(C)C1CCCN1c1ccc(C=CC(=O)O)cc1F. The van der Waals surface area contributed by atoms with Crippen LogP contribution >= 0.6 is 0 Å². The van der Waals surface area contributed by atoms with Crippen molar-refractivity contribution in [2.24, 2.45) is 5.92 Å². The van der Waals surface area contributed by atoms with Crippen LogP contribution in [-0.4, -0.2) is 23.7 Å². The molecule has 1 atom stereocenters. The fourth-order valence-corrected chi connectivity index (χ4v) is 2.81. The molecule has 1 aliphatic heterocycles. The number of halogens is 1. The lowest BCUT2D eigenvalue weighted by atomic mass is 10.0. The molecule has 20 heavy (non-hydrogen) atoms. The Balaban J connectivity index is 2.23. The predicted octanol–water partition coefficient (Wildman–Crippen LogP) is 3.55. The van der Waals surface area contributed by atoms with Gasteiger partial charge in [-0.1, -0.05) is 19.9 Å². The summed E-state index contributed by atoms with van der Waals surface area (Å²) in [6, 6.07) is 5.28. The lowest BCUT2D eigenvalue weighted by Gasteiger charge is -2.30. The molecule has 1 aliphatic rings. The van der Waals surface area contributed by atoms with E-state index < -0.39 is 5.97 Å². The monoisotopic (exact) mass is 277 g/mol. The van der Waals surface area contributed by atoms with Crippen molar-refractivity contribution in [3.05, 3.63) is 35.7 Å². The third kappa shape index (κ3) is 3.18. The molecule has 1 saturated heterocycles. The molecule has 108 valence electrons. The second-order valence-electron chi connectivity index (χ2n) is 5.53. The minimum Gasteiger partial charge on any atom is -0.478 e. The number of rotatable bonds is 4. The molecule has 1 aromatic carbocycles. The number of carboxylic acids is 1. The van der Waals surface area contributed by atoms with Gasteiger partial charge in [0.1, 0.15) is 5.82 Å². The highest BCUT2D eigenvalue weighted by atomic mass is 19.1. The van der Waals surface area contributed by atoms with Crippen LogP contribution in [0, 0.1) is 11.7 Å². The average Bonchev–Trinajstić information content (AvgIpc) is 2.85. The number of aliphatic carboxylic acids is 1. The van der Waals surface area contributed by atoms with Gasteiger partial charge in [0, 0.05) is 18.7 Å². The molecule has 1 N–H and O–H groups in total. The number of carboxylic acid groups (broad SMARTS) is 1. The lowest BCUT2D eigenvalue weighted by molar-refractivity contribution is -0.131. The summed E-state index contributed by atoms with van der Waals surface area (Å²) in [6.07, 6.45) is 4.60. The third-order valence-corrected chi connectivity index (χ3v) is 3.77. The zero-order valence-corrected chi connectivity index (χ0v) is 11.8. The van der Waals surface area contributed by atoms with E-state index in [4.69, 9.17) is 5.11 Å². The largest absolute Gasteiger partial charge is 0.478 e. The number of hydrogen-bond donors (Lipinski definition) is 1. The van der Waals surface area contributed by atoms with Crippen LogP contribution < -0.4 is 4.90 Å². The molecule has 0 amide bonds. The molecule has 0 bridgehead atoms. The van der Waals surface area contributed by atoms with Gasteiger partial charge < -0.3 is 10.0 Å². The fourth-order valence-electron chi connectivity index (χ4n) is 2.81. The molecule has 0 aliphatic carbocycles. The first kappa shape index (κ1) is 14.6. The van der Waals surface area contributed by atoms with Gasteiger partial charge in [-0.25, -0.2) is 9.18 Å². The Morgan fingerprint density at radius 2 is 2.25 bits per heavy atom. The highest BCUT2D eigenvalue weighted by molar-refractivity contribution is 5.85. The molecule has 4 heteroatoms. The number of nitrogens with zero attached hydrogens (tertiary/aromatic N) is 1. The maximum Gasteiger partial charge on any atom is 0.328 e. The van der Waals surface area contributed by atoms with Gasteiger partial charge in [0.15, 0.2) is 0 Å². The molecular weight excluding hydrogens is 257 g/mol. The summed E-state index contributed by atoms with van der Waals surface area (Å²) in [5, 5.41) is 8.58. The van der Waals surface area contributed by atoms with Crippen LogP contribution in [-0.2, 0) is 4.79 Å². The number of benzene rings is 1. The standard InChI is InChI=1S/C16H20FNO2/c1-11(2)14-4-3-9-18(14)15-7-5-12(10-13(15)17)6-8-16(19)20/h5-8,10-11,14H,3-4,9H2,1-2H3,(H,19,20). The number of carbonyl (C=O) groups is 1. The molecule has 2 rings (SSSR count). The van der Waals surface area contributed by atoms with Crippen molar-refractivity contribution in [2.75, 3.05) is 11.4 Å². The highest BCUT2D eigenvalue weighted by Gasteiger charge is 2.28. The topological polar surface area (TPSA) is 40.5 Å². The van der Waals surface area contributed by atoms with Crippen LogP contribution in [0.2, 0.25) is 0 Å². The first-order valence-corrected chi connectivity index (χ1v) is 6.96. The van der Waals surface area contributed by atoms with Gasteiger partial charge in [-0.15, -0.1) is 0 Å². The first-order chi connectivity index (χ1) is 9.49. The molecule has 0 saturated carbocycles. The Morgan fingerprint density at radius 1 is 1.50 bits per heavy atom. The molecule has 0 spiro atoms. The summed E-state index contributed by atoms with van der Waals surface area (Å²) in [5.41, 5.74) is 1.18. The summed E-state index contributed by atoms with van der Waals surface area (Å²) in [7, 11) is 0. The summed E-state index contributed by atoms with van der Waals surface area (Å²) in [4.78, 5) is 12.6. The van der Waals surface area contributed by atoms with E-state index in [1.54, 1.807) is 12.1 Å². The summed E-state index contributed by atoms with van der Waals surface area (Å²) >= 11 is 0. The maximum atomic E-state index is 14.2. The van der Waals surface area contributed by atoms with E-state index in [1.165, 1.54) is 12.1 Å². The Hall–Kier alpha value is -1.84. The van der Waals surface area contributed by atoms with Crippen molar-refractivity contribution < 1.29 is 14.3 Å². The van der Waals surface area contributed by atoms with Crippen LogP contribution in [0.1, 0.15) is 32.3 Å². The van der Waals surface area contributed by atoms with Crippen molar-refractivity contribution in [2.45, 2.75) is 32.7 Å².